The van der Waals surface area contributed by atoms with Crippen LogP contribution in [-0.4, -0.2) is 45.8 Å². The van der Waals surface area contributed by atoms with Gasteiger partial charge in [-0.2, -0.15) is 0 Å². The van der Waals surface area contributed by atoms with Gasteiger partial charge in [-0.25, -0.2) is 8.42 Å². The van der Waals surface area contributed by atoms with E-state index >= 15 is 0 Å². The average Bonchev–Trinajstić information content (AvgIpc) is 2.68. The number of piperidine rings is 1. The third-order valence-electron chi connectivity index (χ3n) is 5.20. The van der Waals surface area contributed by atoms with E-state index in [0.717, 1.165) is 23.5 Å². The Balaban J connectivity index is 1.53. The second-order valence-electron chi connectivity index (χ2n) is 7.42. The molecule has 1 fully saturated rings. The molecular weight excluding hydrogens is 358 g/mol. The van der Waals surface area contributed by atoms with Crippen molar-refractivity contribution < 1.29 is 13.2 Å². The van der Waals surface area contributed by atoms with Crippen molar-refractivity contribution in [2.45, 2.75) is 31.1 Å². The van der Waals surface area contributed by atoms with Crippen LogP contribution in [0.2, 0.25) is 0 Å². The Morgan fingerprint density at radius 2 is 1.52 bits per heavy atom. The summed E-state index contributed by atoms with van der Waals surface area (Å²) in [6.45, 7) is 6.59. The third kappa shape index (κ3) is 5.56. The number of sulfone groups is 1. The molecule has 27 heavy (non-hydrogen) atoms. The van der Waals surface area contributed by atoms with Crippen molar-refractivity contribution in [3.05, 3.63) is 48.5 Å². The van der Waals surface area contributed by atoms with Gasteiger partial charge in [0.25, 0.3) is 0 Å². The third-order valence-corrected chi connectivity index (χ3v) is 6.33. The fraction of sp³-hybridized carbons (Fsp3) is 0.455. The zero-order chi connectivity index (χ0) is 19.3. The molecule has 0 aromatic heterocycles. The normalized spacial score (nSPS) is 16.4. The predicted molar refractivity (Wildman–Crippen MR) is 110 cm³/mol. The summed E-state index contributed by atoms with van der Waals surface area (Å²) in [6, 6.07) is 15.0. The number of ether oxygens (including phenoxy) is 1. The van der Waals surface area contributed by atoms with Crippen molar-refractivity contribution in [3.8, 4) is 16.9 Å². The number of likely N-dealkylation sites (tertiary alicyclic amines) is 1. The molecule has 0 saturated carbocycles. The highest BCUT2D eigenvalue weighted by Gasteiger charge is 2.19. The summed E-state index contributed by atoms with van der Waals surface area (Å²) in [4.78, 5) is 2.89. The van der Waals surface area contributed by atoms with Crippen LogP contribution < -0.4 is 4.74 Å². The molecule has 0 aliphatic carbocycles. The van der Waals surface area contributed by atoms with Crippen LogP contribution in [0.25, 0.3) is 11.1 Å². The number of hydrogen-bond acceptors (Lipinski definition) is 4. The molecular formula is C22H29NO3S. The SMILES string of the molecule is CCCN1CCC(COc2ccc(-c3ccc(S(C)(=O)=O)cc3)cc2)CC1. The van der Waals surface area contributed by atoms with Crippen LogP contribution in [0.5, 0.6) is 5.75 Å². The monoisotopic (exact) mass is 387 g/mol. The number of nitrogens with zero attached hydrogens (tertiary/aromatic N) is 1. The van der Waals surface area contributed by atoms with Crippen LogP contribution in [0.15, 0.2) is 53.4 Å². The van der Waals surface area contributed by atoms with E-state index in [-0.39, 0.29) is 0 Å². The van der Waals surface area contributed by atoms with Gasteiger partial charge >= 0.3 is 0 Å². The Morgan fingerprint density at radius 3 is 2.04 bits per heavy atom. The highest BCUT2D eigenvalue weighted by atomic mass is 32.2. The molecule has 2 aromatic carbocycles. The van der Waals surface area contributed by atoms with Gasteiger partial charge in [0.05, 0.1) is 11.5 Å². The summed E-state index contributed by atoms with van der Waals surface area (Å²) in [6.07, 6.45) is 4.88. The lowest BCUT2D eigenvalue weighted by molar-refractivity contribution is 0.141. The molecule has 0 bridgehead atoms. The molecule has 0 unspecified atom stereocenters. The van der Waals surface area contributed by atoms with E-state index in [0.29, 0.717) is 10.8 Å². The van der Waals surface area contributed by atoms with Gasteiger partial charge in [-0.15, -0.1) is 0 Å². The van der Waals surface area contributed by atoms with E-state index in [4.69, 9.17) is 4.74 Å². The molecule has 146 valence electrons. The second-order valence-corrected chi connectivity index (χ2v) is 9.43. The van der Waals surface area contributed by atoms with Crippen LogP contribution in [0.3, 0.4) is 0 Å². The highest BCUT2D eigenvalue weighted by Crippen LogP contribution is 2.25. The maximum absolute atomic E-state index is 11.6. The molecule has 3 rings (SSSR count). The van der Waals surface area contributed by atoms with Gasteiger partial charge < -0.3 is 9.64 Å². The first kappa shape index (κ1) is 19.9. The Morgan fingerprint density at radius 1 is 0.963 bits per heavy atom. The summed E-state index contributed by atoms with van der Waals surface area (Å²) >= 11 is 0. The minimum absolute atomic E-state index is 0.344. The fourth-order valence-corrected chi connectivity index (χ4v) is 4.18. The Bertz CT molecular complexity index is 821. The molecule has 0 amide bonds. The van der Waals surface area contributed by atoms with Crippen LogP contribution in [0.4, 0.5) is 0 Å². The van der Waals surface area contributed by atoms with Gasteiger partial charge in [0.15, 0.2) is 9.84 Å². The van der Waals surface area contributed by atoms with E-state index in [9.17, 15) is 8.42 Å². The molecule has 1 aliphatic heterocycles. The topological polar surface area (TPSA) is 46.6 Å². The first-order valence-corrected chi connectivity index (χ1v) is 11.6. The lowest BCUT2D eigenvalue weighted by Crippen LogP contribution is -2.35. The van der Waals surface area contributed by atoms with Crippen molar-refractivity contribution in [1.29, 1.82) is 0 Å². The van der Waals surface area contributed by atoms with Crippen molar-refractivity contribution in [1.82, 2.24) is 4.90 Å². The zero-order valence-electron chi connectivity index (χ0n) is 16.2. The summed E-state index contributed by atoms with van der Waals surface area (Å²) in [5.74, 6) is 1.53. The first-order chi connectivity index (χ1) is 13.0. The lowest BCUT2D eigenvalue weighted by Gasteiger charge is -2.31. The van der Waals surface area contributed by atoms with Crippen molar-refractivity contribution >= 4 is 9.84 Å². The van der Waals surface area contributed by atoms with Crippen molar-refractivity contribution in [3.63, 3.8) is 0 Å². The molecule has 0 radical (unpaired) electrons. The Hall–Kier alpha value is -1.85. The minimum atomic E-state index is -3.16. The van der Waals surface area contributed by atoms with E-state index in [1.807, 2.05) is 36.4 Å². The van der Waals surface area contributed by atoms with E-state index < -0.39 is 9.84 Å². The van der Waals surface area contributed by atoms with Gasteiger partial charge in [0, 0.05) is 6.26 Å². The maximum Gasteiger partial charge on any atom is 0.175 e. The lowest BCUT2D eigenvalue weighted by atomic mass is 9.98. The first-order valence-electron chi connectivity index (χ1n) is 9.71. The highest BCUT2D eigenvalue weighted by molar-refractivity contribution is 7.90. The molecule has 4 nitrogen and oxygen atoms in total. The number of hydrogen-bond donors (Lipinski definition) is 0. The molecule has 1 saturated heterocycles. The van der Waals surface area contributed by atoms with Crippen LogP contribution in [-0.2, 0) is 9.84 Å². The van der Waals surface area contributed by atoms with Crippen molar-refractivity contribution in [2.75, 3.05) is 32.5 Å². The molecule has 5 heteroatoms. The molecule has 2 aromatic rings. The van der Waals surface area contributed by atoms with E-state index in [1.54, 1.807) is 12.1 Å². The smallest absolute Gasteiger partial charge is 0.175 e. The summed E-state index contributed by atoms with van der Waals surface area (Å²) in [5.41, 5.74) is 2.05. The van der Waals surface area contributed by atoms with Gasteiger partial charge in [-0.3, -0.25) is 0 Å². The molecule has 0 atom stereocenters. The van der Waals surface area contributed by atoms with Crippen LogP contribution in [0.1, 0.15) is 26.2 Å². The molecule has 1 heterocycles. The predicted octanol–water partition coefficient (Wildman–Crippen LogP) is 4.26. The summed E-state index contributed by atoms with van der Waals surface area (Å²) < 4.78 is 29.1. The largest absolute Gasteiger partial charge is 0.493 e. The molecule has 0 N–H and O–H groups in total. The Labute approximate surface area is 163 Å². The van der Waals surface area contributed by atoms with Gasteiger partial charge in [0.2, 0.25) is 0 Å². The van der Waals surface area contributed by atoms with Crippen LogP contribution >= 0.6 is 0 Å². The average molecular weight is 388 g/mol. The van der Waals surface area contributed by atoms with E-state index in [1.165, 1.54) is 45.2 Å². The summed E-state index contributed by atoms with van der Waals surface area (Å²) in [7, 11) is -3.16. The van der Waals surface area contributed by atoms with Gasteiger partial charge in [-0.1, -0.05) is 31.2 Å². The maximum atomic E-state index is 11.6. The quantitative estimate of drug-likeness (QED) is 0.712. The fourth-order valence-electron chi connectivity index (χ4n) is 3.55. The van der Waals surface area contributed by atoms with Crippen molar-refractivity contribution in [2.24, 2.45) is 5.92 Å². The Kier molecular flexibility index (Phi) is 6.55. The van der Waals surface area contributed by atoms with Gasteiger partial charge in [0.1, 0.15) is 5.75 Å². The van der Waals surface area contributed by atoms with E-state index in [2.05, 4.69) is 11.8 Å². The standard InChI is InChI=1S/C22H29NO3S/c1-3-14-23-15-12-18(13-16-23)17-26-21-8-4-19(5-9-21)20-6-10-22(11-7-20)27(2,24)25/h4-11,18H,3,12-17H2,1-2H3. The number of benzene rings is 2. The molecule has 1 aliphatic rings. The molecule has 0 spiro atoms. The summed E-state index contributed by atoms with van der Waals surface area (Å²) in [5, 5.41) is 0. The zero-order valence-corrected chi connectivity index (χ0v) is 17.0. The van der Waals surface area contributed by atoms with Gasteiger partial charge in [-0.05, 0) is 80.2 Å². The number of rotatable bonds is 7. The van der Waals surface area contributed by atoms with Crippen LogP contribution in [0, 0.1) is 5.92 Å². The second kappa shape index (κ2) is 8.89. The minimum Gasteiger partial charge on any atom is -0.493 e.